The Morgan fingerprint density at radius 1 is 1.21 bits per heavy atom. The molecule has 28 heavy (non-hydrogen) atoms. The van der Waals surface area contributed by atoms with Gasteiger partial charge in [-0.15, -0.1) is 6.58 Å². The van der Waals surface area contributed by atoms with Crippen LogP contribution >= 0.6 is 0 Å². The number of hydrogen-bond donors (Lipinski definition) is 1. The van der Waals surface area contributed by atoms with E-state index in [4.69, 9.17) is 14.2 Å². The van der Waals surface area contributed by atoms with E-state index in [9.17, 15) is 9.90 Å². The summed E-state index contributed by atoms with van der Waals surface area (Å²) >= 11 is 0. The molecule has 0 amide bonds. The molecule has 0 radical (unpaired) electrons. The summed E-state index contributed by atoms with van der Waals surface area (Å²) in [4.78, 5) is 16.7. The number of esters is 1. The van der Waals surface area contributed by atoms with Crippen LogP contribution in [0.2, 0.25) is 0 Å². The molecule has 1 heterocycles. The molecule has 0 saturated heterocycles. The molecular formula is C22H25NO5. The van der Waals surface area contributed by atoms with E-state index in [-0.39, 0.29) is 11.3 Å². The van der Waals surface area contributed by atoms with Gasteiger partial charge in [-0.3, -0.25) is 0 Å². The number of allylic oxidation sites excluding steroid dienone is 1. The maximum absolute atomic E-state index is 12.3. The highest BCUT2D eigenvalue weighted by atomic mass is 16.5. The van der Waals surface area contributed by atoms with Gasteiger partial charge in [0.15, 0.2) is 0 Å². The van der Waals surface area contributed by atoms with Crippen molar-refractivity contribution in [3.63, 3.8) is 0 Å². The van der Waals surface area contributed by atoms with Crippen LogP contribution < -0.4 is 9.47 Å². The molecule has 0 atom stereocenters. The molecule has 148 valence electrons. The zero-order valence-corrected chi connectivity index (χ0v) is 16.6. The number of benzene rings is 1. The third-order valence-electron chi connectivity index (χ3n) is 4.19. The Labute approximate surface area is 165 Å². The van der Waals surface area contributed by atoms with Gasteiger partial charge < -0.3 is 19.3 Å². The van der Waals surface area contributed by atoms with E-state index < -0.39 is 5.97 Å². The first-order valence-corrected chi connectivity index (χ1v) is 8.75. The minimum absolute atomic E-state index is 0.0826. The van der Waals surface area contributed by atoms with E-state index in [2.05, 4.69) is 11.6 Å². The lowest BCUT2D eigenvalue weighted by molar-refractivity contribution is 0.0597. The third-order valence-corrected chi connectivity index (χ3v) is 4.19. The fourth-order valence-corrected chi connectivity index (χ4v) is 2.73. The predicted octanol–water partition coefficient (Wildman–Crippen LogP) is 4.27. The molecule has 6 nitrogen and oxygen atoms in total. The summed E-state index contributed by atoms with van der Waals surface area (Å²) in [5, 5.41) is 10.8. The number of phenols is 1. The van der Waals surface area contributed by atoms with Crippen molar-refractivity contribution < 1.29 is 24.1 Å². The van der Waals surface area contributed by atoms with Crippen molar-refractivity contribution in [3.05, 3.63) is 58.8 Å². The quantitative estimate of drug-likeness (QED) is 0.542. The third kappa shape index (κ3) is 4.91. The van der Waals surface area contributed by atoms with E-state index in [1.54, 1.807) is 30.4 Å². The van der Waals surface area contributed by atoms with E-state index in [0.29, 0.717) is 41.3 Å². The first kappa shape index (κ1) is 21.0. The molecule has 0 unspecified atom stereocenters. The van der Waals surface area contributed by atoms with Crippen LogP contribution in [0.25, 0.3) is 12.2 Å². The summed E-state index contributed by atoms with van der Waals surface area (Å²) in [5.74, 6) is 0.191. The van der Waals surface area contributed by atoms with Gasteiger partial charge in [-0.25, -0.2) is 9.78 Å². The highest BCUT2D eigenvalue weighted by Gasteiger charge is 2.22. The first-order chi connectivity index (χ1) is 13.4. The maximum Gasteiger partial charge on any atom is 0.342 e. The van der Waals surface area contributed by atoms with Crippen molar-refractivity contribution in [2.45, 2.75) is 19.8 Å². The molecular weight excluding hydrogens is 358 g/mol. The Balaban J connectivity index is 2.55. The summed E-state index contributed by atoms with van der Waals surface area (Å²) in [5.41, 5.74) is 2.70. The molecule has 0 spiro atoms. The molecule has 1 N–H and O–H groups in total. The fraction of sp³-hybridized carbons (Fsp3) is 0.273. The highest BCUT2D eigenvalue weighted by molar-refractivity contribution is 5.98. The number of aromatic nitrogens is 1. The molecule has 0 fully saturated rings. The Morgan fingerprint density at radius 3 is 2.57 bits per heavy atom. The van der Waals surface area contributed by atoms with Crippen LogP contribution in [-0.4, -0.2) is 37.4 Å². The predicted molar refractivity (Wildman–Crippen MR) is 109 cm³/mol. The largest absolute Gasteiger partial charge is 0.507 e. The first-order valence-electron chi connectivity index (χ1n) is 8.75. The molecule has 0 bridgehead atoms. The standard InChI is InChI=1S/C22H25NO5/c1-14(2)9-12-17-18(26-3)13-15(20(21(17)24)22(25)28-5)10-11-16-7-6-8-19(23-16)27-4/h6-8,10-11,13,24H,1,9,12H2,2-5H3. The number of hydrogen-bond acceptors (Lipinski definition) is 6. The molecule has 0 aliphatic heterocycles. The number of rotatable bonds is 8. The average molecular weight is 383 g/mol. The molecule has 0 saturated carbocycles. The van der Waals surface area contributed by atoms with Gasteiger partial charge >= 0.3 is 5.97 Å². The molecule has 1 aromatic carbocycles. The van der Waals surface area contributed by atoms with Crippen LogP contribution in [0.15, 0.2) is 36.4 Å². The normalized spacial score (nSPS) is 10.7. The van der Waals surface area contributed by atoms with Crippen LogP contribution in [0.3, 0.4) is 0 Å². The lowest BCUT2D eigenvalue weighted by Gasteiger charge is -2.16. The van der Waals surface area contributed by atoms with Gasteiger partial charge in [0.25, 0.3) is 0 Å². The number of nitrogens with zero attached hydrogens (tertiary/aromatic N) is 1. The number of pyridine rings is 1. The lowest BCUT2D eigenvalue weighted by Crippen LogP contribution is -2.07. The number of aromatic hydroxyl groups is 1. The topological polar surface area (TPSA) is 77.9 Å². The van der Waals surface area contributed by atoms with Crippen LogP contribution in [0, 0.1) is 0 Å². The minimum Gasteiger partial charge on any atom is -0.507 e. The summed E-state index contributed by atoms with van der Waals surface area (Å²) in [7, 11) is 4.34. The number of carbonyl (C=O) groups excluding carboxylic acids is 1. The van der Waals surface area contributed by atoms with Crippen LogP contribution in [-0.2, 0) is 11.2 Å². The summed E-state index contributed by atoms with van der Waals surface area (Å²) in [6.07, 6.45) is 4.55. The van der Waals surface area contributed by atoms with Gasteiger partial charge in [0.2, 0.25) is 5.88 Å². The molecule has 2 aromatic rings. The number of phenolic OH excluding ortho intramolecular Hbond substituents is 1. The summed E-state index contributed by atoms with van der Waals surface area (Å²) in [6.45, 7) is 5.79. The minimum atomic E-state index is -0.630. The van der Waals surface area contributed by atoms with Crippen molar-refractivity contribution >= 4 is 18.1 Å². The van der Waals surface area contributed by atoms with Gasteiger partial charge in [-0.05, 0) is 43.5 Å². The SMILES string of the molecule is C=C(C)CCc1c(OC)cc(C=Cc2cccc(OC)n2)c(C(=O)OC)c1O. The van der Waals surface area contributed by atoms with Gasteiger partial charge in [0.1, 0.15) is 17.1 Å². The van der Waals surface area contributed by atoms with Crippen molar-refractivity contribution in [1.82, 2.24) is 4.98 Å². The second-order valence-corrected chi connectivity index (χ2v) is 6.26. The van der Waals surface area contributed by atoms with Gasteiger partial charge in [0, 0.05) is 11.6 Å². The number of ether oxygens (including phenoxy) is 3. The molecule has 0 aliphatic carbocycles. The molecule has 1 aromatic heterocycles. The Bertz CT molecular complexity index is 902. The van der Waals surface area contributed by atoms with Gasteiger partial charge in [0.05, 0.1) is 27.0 Å². The van der Waals surface area contributed by atoms with Crippen LogP contribution in [0.1, 0.15) is 40.5 Å². The van der Waals surface area contributed by atoms with Crippen molar-refractivity contribution in [1.29, 1.82) is 0 Å². The monoisotopic (exact) mass is 383 g/mol. The van der Waals surface area contributed by atoms with Crippen molar-refractivity contribution in [2.75, 3.05) is 21.3 Å². The lowest BCUT2D eigenvalue weighted by atomic mass is 9.96. The van der Waals surface area contributed by atoms with Crippen LogP contribution in [0.4, 0.5) is 0 Å². The van der Waals surface area contributed by atoms with E-state index in [0.717, 1.165) is 5.57 Å². The van der Waals surface area contributed by atoms with E-state index in [1.807, 2.05) is 13.0 Å². The smallest absolute Gasteiger partial charge is 0.342 e. The van der Waals surface area contributed by atoms with Gasteiger partial charge in [-0.2, -0.15) is 0 Å². The van der Waals surface area contributed by atoms with Crippen molar-refractivity contribution in [2.24, 2.45) is 0 Å². The zero-order valence-electron chi connectivity index (χ0n) is 16.6. The van der Waals surface area contributed by atoms with Crippen molar-refractivity contribution in [3.8, 4) is 17.4 Å². The average Bonchev–Trinajstić information content (AvgIpc) is 2.70. The van der Waals surface area contributed by atoms with E-state index in [1.165, 1.54) is 21.3 Å². The van der Waals surface area contributed by atoms with Gasteiger partial charge in [-0.1, -0.05) is 17.7 Å². The molecule has 2 rings (SSSR count). The van der Waals surface area contributed by atoms with Crippen LogP contribution in [0.5, 0.6) is 17.4 Å². The van der Waals surface area contributed by atoms with E-state index >= 15 is 0 Å². The molecule has 6 heteroatoms. The number of methoxy groups -OCH3 is 3. The Kier molecular flexibility index (Phi) is 7.21. The fourth-order valence-electron chi connectivity index (χ4n) is 2.73. The molecule has 0 aliphatic rings. The highest BCUT2D eigenvalue weighted by Crippen LogP contribution is 2.37. The summed E-state index contributed by atoms with van der Waals surface area (Å²) in [6, 6.07) is 7.06. The summed E-state index contributed by atoms with van der Waals surface area (Å²) < 4.78 is 15.4. The maximum atomic E-state index is 12.3. The zero-order chi connectivity index (χ0) is 20.7. The Hall–Kier alpha value is -3.28. The Morgan fingerprint density at radius 2 is 1.96 bits per heavy atom. The second-order valence-electron chi connectivity index (χ2n) is 6.26. The second kappa shape index (κ2) is 9.60. The number of carbonyl (C=O) groups is 1.